The van der Waals surface area contributed by atoms with Gasteiger partial charge in [0.25, 0.3) is 0 Å². The van der Waals surface area contributed by atoms with Gasteiger partial charge in [-0.05, 0) is 54.3 Å². The van der Waals surface area contributed by atoms with E-state index in [1.807, 2.05) is 32.0 Å². The van der Waals surface area contributed by atoms with Crippen LogP contribution >= 0.6 is 27.5 Å². The summed E-state index contributed by atoms with van der Waals surface area (Å²) in [5, 5.41) is 0. The van der Waals surface area contributed by atoms with E-state index in [0.717, 1.165) is 28.0 Å². The molecule has 0 bridgehead atoms. The van der Waals surface area contributed by atoms with E-state index in [-0.39, 0.29) is 5.82 Å². The maximum absolute atomic E-state index is 13.3. The van der Waals surface area contributed by atoms with Crippen LogP contribution in [0, 0.1) is 19.7 Å². The van der Waals surface area contributed by atoms with Crippen LogP contribution in [0.2, 0.25) is 0 Å². The second-order valence-corrected chi connectivity index (χ2v) is 5.94. The Balaban J connectivity index is 2.18. The minimum atomic E-state index is -0.274. The summed E-state index contributed by atoms with van der Waals surface area (Å²) in [6.07, 6.45) is 0. The van der Waals surface area contributed by atoms with Crippen LogP contribution in [-0.2, 0) is 12.5 Å². The molecule has 0 spiro atoms. The van der Waals surface area contributed by atoms with Gasteiger partial charge in [-0.1, -0.05) is 28.1 Å². The fourth-order valence-electron chi connectivity index (χ4n) is 2.19. The second kappa shape index (κ2) is 6.59. The topological polar surface area (TPSA) is 9.23 Å². The van der Waals surface area contributed by atoms with Gasteiger partial charge < -0.3 is 4.74 Å². The highest BCUT2D eigenvalue weighted by molar-refractivity contribution is 9.10. The molecule has 2 rings (SSSR count). The van der Waals surface area contributed by atoms with Gasteiger partial charge >= 0.3 is 0 Å². The van der Waals surface area contributed by atoms with Gasteiger partial charge in [0.2, 0.25) is 0 Å². The summed E-state index contributed by atoms with van der Waals surface area (Å²) in [4.78, 5) is 0. The molecule has 4 heteroatoms. The lowest BCUT2D eigenvalue weighted by Gasteiger charge is -2.14. The van der Waals surface area contributed by atoms with Crippen LogP contribution in [-0.4, -0.2) is 0 Å². The maximum atomic E-state index is 13.3. The number of aryl methyl sites for hydroxylation is 2. The number of rotatable bonds is 4. The molecule has 0 saturated heterocycles. The summed E-state index contributed by atoms with van der Waals surface area (Å²) in [6.45, 7) is 4.30. The van der Waals surface area contributed by atoms with E-state index in [1.165, 1.54) is 12.1 Å². The van der Waals surface area contributed by atoms with Crippen molar-refractivity contribution in [2.45, 2.75) is 26.3 Å². The third-order valence-corrected chi connectivity index (χ3v) is 3.75. The number of hydrogen-bond donors (Lipinski definition) is 0. The molecule has 0 saturated carbocycles. The molecule has 0 amide bonds. The Morgan fingerprint density at radius 1 is 1.05 bits per heavy atom. The highest BCUT2D eigenvalue weighted by atomic mass is 79.9. The van der Waals surface area contributed by atoms with E-state index in [0.29, 0.717) is 17.0 Å². The van der Waals surface area contributed by atoms with Crippen molar-refractivity contribution in [3.63, 3.8) is 0 Å². The van der Waals surface area contributed by atoms with Crippen LogP contribution in [0.5, 0.6) is 5.75 Å². The van der Waals surface area contributed by atoms with Crippen LogP contribution in [0.3, 0.4) is 0 Å². The minimum absolute atomic E-state index is 0.274. The smallest absolute Gasteiger partial charge is 0.125 e. The predicted molar refractivity (Wildman–Crippen MR) is 83.9 cm³/mol. The molecule has 0 unspecified atom stereocenters. The lowest BCUT2D eigenvalue weighted by atomic mass is 10.1. The van der Waals surface area contributed by atoms with E-state index in [9.17, 15) is 4.39 Å². The Morgan fingerprint density at radius 2 is 1.70 bits per heavy atom. The third kappa shape index (κ3) is 3.74. The predicted octanol–water partition coefficient (Wildman–Crippen LogP) is 5.52. The summed E-state index contributed by atoms with van der Waals surface area (Å²) < 4.78 is 19.9. The Labute approximate surface area is 131 Å². The molecule has 0 heterocycles. The highest BCUT2D eigenvalue weighted by Gasteiger charge is 2.07. The zero-order valence-corrected chi connectivity index (χ0v) is 13.7. The van der Waals surface area contributed by atoms with Crippen molar-refractivity contribution < 1.29 is 9.13 Å². The number of alkyl halides is 1. The molecule has 0 aromatic heterocycles. The lowest BCUT2D eigenvalue weighted by Crippen LogP contribution is -2.00. The van der Waals surface area contributed by atoms with Crippen LogP contribution in [0.15, 0.2) is 34.8 Å². The molecular formula is C16H15BrClFO. The van der Waals surface area contributed by atoms with Crippen molar-refractivity contribution >= 4 is 27.5 Å². The van der Waals surface area contributed by atoms with Crippen LogP contribution in [0.25, 0.3) is 0 Å². The van der Waals surface area contributed by atoms with Crippen molar-refractivity contribution in [2.75, 3.05) is 0 Å². The van der Waals surface area contributed by atoms with Gasteiger partial charge in [-0.2, -0.15) is 0 Å². The van der Waals surface area contributed by atoms with Gasteiger partial charge in [0.05, 0.1) is 0 Å². The monoisotopic (exact) mass is 356 g/mol. The first-order chi connectivity index (χ1) is 9.49. The molecule has 1 nitrogen and oxygen atoms in total. The van der Waals surface area contributed by atoms with Crippen LogP contribution in [0.4, 0.5) is 4.39 Å². The lowest BCUT2D eigenvalue weighted by molar-refractivity contribution is 0.301. The van der Waals surface area contributed by atoms with Gasteiger partial charge in [0, 0.05) is 10.4 Å². The average molecular weight is 358 g/mol. The van der Waals surface area contributed by atoms with Gasteiger partial charge in [-0.3, -0.25) is 0 Å². The molecule has 2 aromatic rings. The van der Waals surface area contributed by atoms with Crippen molar-refractivity contribution in [2.24, 2.45) is 0 Å². The molecule has 0 radical (unpaired) electrons. The summed E-state index contributed by atoms with van der Waals surface area (Å²) in [5.74, 6) is 1.04. The second-order valence-electron chi connectivity index (χ2n) is 4.76. The highest BCUT2D eigenvalue weighted by Crippen LogP contribution is 2.27. The molecule has 0 N–H and O–H groups in total. The summed E-state index contributed by atoms with van der Waals surface area (Å²) in [6, 6.07) is 8.77. The quantitative estimate of drug-likeness (QED) is 0.654. The Kier molecular flexibility index (Phi) is 5.06. The van der Waals surface area contributed by atoms with E-state index in [2.05, 4.69) is 15.9 Å². The van der Waals surface area contributed by atoms with Crippen molar-refractivity contribution in [1.82, 2.24) is 0 Å². The van der Waals surface area contributed by atoms with E-state index >= 15 is 0 Å². The molecule has 0 aliphatic rings. The van der Waals surface area contributed by atoms with Crippen molar-refractivity contribution in [3.05, 3.63) is 62.9 Å². The third-order valence-electron chi connectivity index (χ3n) is 2.98. The Morgan fingerprint density at radius 3 is 2.25 bits per heavy atom. The molecule has 0 atom stereocenters. The molecule has 20 heavy (non-hydrogen) atoms. The molecule has 0 fully saturated rings. The Bertz CT molecular complexity index is 585. The van der Waals surface area contributed by atoms with Gasteiger partial charge in [-0.25, -0.2) is 4.39 Å². The minimum Gasteiger partial charge on any atom is -0.488 e. The van der Waals surface area contributed by atoms with E-state index in [1.54, 1.807) is 0 Å². The van der Waals surface area contributed by atoms with E-state index < -0.39 is 0 Å². The molecule has 106 valence electrons. The SMILES string of the molecule is Cc1cc(CCl)cc(C)c1OCc1cc(F)cc(Br)c1. The zero-order chi connectivity index (χ0) is 14.7. The zero-order valence-electron chi connectivity index (χ0n) is 11.3. The Hall–Kier alpha value is -1.06. The standard InChI is InChI=1S/C16H15BrClFO/c1-10-3-12(8-18)4-11(2)16(10)20-9-13-5-14(17)7-15(19)6-13/h3-7H,8-9H2,1-2H3. The van der Waals surface area contributed by atoms with Gasteiger partial charge in [0.15, 0.2) is 0 Å². The fourth-order valence-corrected chi connectivity index (χ4v) is 2.86. The average Bonchev–Trinajstić information content (AvgIpc) is 2.36. The van der Waals surface area contributed by atoms with E-state index in [4.69, 9.17) is 16.3 Å². The van der Waals surface area contributed by atoms with Gasteiger partial charge in [0.1, 0.15) is 18.2 Å². The first-order valence-electron chi connectivity index (χ1n) is 6.23. The number of halogens is 3. The molecule has 2 aromatic carbocycles. The number of hydrogen-bond acceptors (Lipinski definition) is 1. The molecule has 0 aliphatic heterocycles. The number of ether oxygens (including phenoxy) is 1. The van der Waals surface area contributed by atoms with Crippen molar-refractivity contribution in [1.29, 1.82) is 0 Å². The summed E-state index contributed by atoms with van der Waals surface area (Å²) in [7, 11) is 0. The number of benzene rings is 2. The first-order valence-corrected chi connectivity index (χ1v) is 7.56. The van der Waals surface area contributed by atoms with Crippen LogP contribution < -0.4 is 4.74 Å². The normalized spacial score (nSPS) is 10.7. The van der Waals surface area contributed by atoms with Gasteiger partial charge in [-0.15, -0.1) is 11.6 Å². The van der Waals surface area contributed by atoms with Crippen LogP contribution in [0.1, 0.15) is 22.3 Å². The molecule has 0 aliphatic carbocycles. The largest absolute Gasteiger partial charge is 0.488 e. The fraction of sp³-hybridized carbons (Fsp3) is 0.250. The molecular weight excluding hydrogens is 343 g/mol. The van der Waals surface area contributed by atoms with Crippen molar-refractivity contribution in [3.8, 4) is 5.75 Å². The summed E-state index contributed by atoms with van der Waals surface area (Å²) in [5.41, 5.74) is 3.94. The first kappa shape index (κ1) is 15.3. The maximum Gasteiger partial charge on any atom is 0.125 e. The summed E-state index contributed by atoms with van der Waals surface area (Å²) >= 11 is 9.12.